The zero-order valence-corrected chi connectivity index (χ0v) is 18.0. The largest absolute Gasteiger partial charge is 0.468 e. The van der Waals surface area contributed by atoms with Gasteiger partial charge in [-0.2, -0.15) is 0 Å². The average molecular weight is 447 g/mol. The summed E-state index contributed by atoms with van der Waals surface area (Å²) in [6.45, 7) is 0.355. The summed E-state index contributed by atoms with van der Waals surface area (Å²) in [5.74, 6) is 0.0988. The molecular formula is C18H23ClN2O5S2. The fourth-order valence-electron chi connectivity index (χ4n) is 3.39. The van der Waals surface area contributed by atoms with E-state index < -0.39 is 36.7 Å². The highest BCUT2D eigenvalue weighted by molar-refractivity contribution is 7.96. The fourth-order valence-corrected chi connectivity index (χ4v) is 8.23. The van der Waals surface area contributed by atoms with Crippen LogP contribution in [0, 0.1) is 0 Å². The molecule has 1 aliphatic heterocycles. The zero-order chi connectivity index (χ0) is 20.5. The van der Waals surface area contributed by atoms with Crippen molar-refractivity contribution in [2.24, 2.45) is 0 Å². The molecular weight excluding hydrogens is 424 g/mol. The first-order valence-corrected chi connectivity index (χ1v) is 12.5. The molecule has 1 fully saturated rings. The number of rotatable bonds is 7. The molecule has 0 radical (unpaired) electrons. The molecule has 0 saturated carbocycles. The van der Waals surface area contributed by atoms with Crippen LogP contribution in [0.2, 0.25) is 5.02 Å². The molecule has 1 aliphatic rings. The Bertz CT molecular complexity index is 1000. The molecule has 3 rings (SSSR count). The van der Waals surface area contributed by atoms with Gasteiger partial charge in [0.1, 0.15) is 5.76 Å². The summed E-state index contributed by atoms with van der Waals surface area (Å²) < 4.78 is 56.1. The molecule has 1 unspecified atom stereocenters. The van der Waals surface area contributed by atoms with E-state index in [1.54, 1.807) is 12.3 Å². The van der Waals surface area contributed by atoms with Crippen LogP contribution in [0.3, 0.4) is 0 Å². The van der Waals surface area contributed by atoms with E-state index in [-0.39, 0.29) is 16.7 Å². The molecule has 1 aromatic heterocycles. The zero-order valence-electron chi connectivity index (χ0n) is 15.6. The predicted molar refractivity (Wildman–Crippen MR) is 108 cm³/mol. The van der Waals surface area contributed by atoms with Crippen LogP contribution in [0.15, 0.2) is 52.0 Å². The standard InChI is InChI=1S/C18H23ClN2O5S2/c1-21(2)16(17-4-3-9-26-17)10-20-15-11-27(22,23)12-18(15)28(24,25)14-7-5-13(19)6-8-14/h3-9,15-16,18,20H,10-12H2,1-2H3/t15-,16?,18-/m0/s1. The molecule has 2 aromatic rings. The lowest BCUT2D eigenvalue weighted by atomic mass is 10.2. The van der Waals surface area contributed by atoms with Crippen molar-refractivity contribution in [3.63, 3.8) is 0 Å². The third-order valence-corrected chi connectivity index (χ3v) is 9.33. The van der Waals surface area contributed by atoms with Gasteiger partial charge in [0, 0.05) is 17.6 Å². The summed E-state index contributed by atoms with van der Waals surface area (Å²) in [7, 11) is -3.55. The molecule has 1 N–H and O–H groups in total. The summed E-state index contributed by atoms with van der Waals surface area (Å²) in [4.78, 5) is 2.00. The molecule has 28 heavy (non-hydrogen) atoms. The monoisotopic (exact) mass is 446 g/mol. The van der Waals surface area contributed by atoms with E-state index in [0.717, 1.165) is 5.76 Å². The Labute approximate surface area is 170 Å². The van der Waals surface area contributed by atoms with Crippen LogP contribution >= 0.6 is 11.6 Å². The molecule has 1 saturated heterocycles. The third-order valence-electron chi connectivity index (χ3n) is 4.91. The normalized spacial score (nSPS) is 23.1. The van der Waals surface area contributed by atoms with Crippen LogP contribution in [-0.2, 0) is 19.7 Å². The molecule has 0 bridgehead atoms. The quantitative estimate of drug-likeness (QED) is 0.692. The molecule has 0 aliphatic carbocycles. The maximum atomic E-state index is 13.1. The number of likely N-dealkylation sites (N-methyl/N-ethyl adjacent to an activating group) is 1. The van der Waals surface area contributed by atoms with Gasteiger partial charge in [0.2, 0.25) is 0 Å². The van der Waals surface area contributed by atoms with Crippen LogP contribution < -0.4 is 5.32 Å². The van der Waals surface area contributed by atoms with E-state index in [0.29, 0.717) is 11.6 Å². The van der Waals surface area contributed by atoms with Crippen LogP contribution in [0.25, 0.3) is 0 Å². The average Bonchev–Trinajstić information content (AvgIpc) is 3.23. The van der Waals surface area contributed by atoms with Gasteiger partial charge in [-0.1, -0.05) is 11.6 Å². The number of halogens is 1. The van der Waals surface area contributed by atoms with Gasteiger partial charge in [0.15, 0.2) is 19.7 Å². The van der Waals surface area contributed by atoms with Gasteiger partial charge in [-0.25, -0.2) is 16.8 Å². The van der Waals surface area contributed by atoms with E-state index in [1.165, 1.54) is 24.3 Å². The summed E-state index contributed by atoms with van der Waals surface area (Å²) >= 11 is 5.84. The van der Waals surface area contributed by atoms with Crippen molar-refractivity contribution in [2.45, 2.75) is 22.2 Å². The number of hydrogen-bond donors (Lipinski definition) is 1. The lowest BCUT2D eigenvalue weighted by Crippen LogP contribution is -2.46. The Morgan fingerprint density at radius 2 is 1.89 bits per heavy atom. The Balaban J connectivity index is 1.83. The number of nitrogens with zero attached hydrogens (tertiary/aromatic N) is 1. The Morgan fingerprint density at radius 3 is 2.46 bits per heavy atom. The molecule has 0 spiro atoms. The minimum atomic E-state index is -3.83. The smallest absolute Gasteiger partial charge is 0.183 e. The van der Waals surface area contributed by atoms with Crippen molar-refractivity contribution in [3.05, 3.63) is 53.4 Å². The number of nitrogens with one attached hydrogen (secondary N) is 1. The molecule has 10 heteroatoms. The maximum absolute atomic E-state index is 13.1. The van der Waals surface area contributed by atoms with Gasteiger partial charge in [0.25, 0.3) is 0 Å². The van der Waals surface area contributed by atoms with Crippen molar-refractivity contribution in [2.75, 3.05) is 32.1 Å². The second-order valence-corrected chi connectivity index (χ2v) is 11.9. The van der Waals surface area contributed by atoms with Gasteiger partial charge in [-0.3, -0.25) is 4.90 Å². The van der Waals surface area contributed by atoms with Gasteiger partial charge >= 0.3 is 0 Å². The number of hydrogen-bond acceptors (Lipinski definition) is 7. The molecule has 154 valence electrons. The molecule has 2 heterocycles. The first-order chi connectivity index (χ1) is 13.1. The summed E-state index contributed by atoms with van der Waals surface area (Å²) in [6, 6.07) is 8.54. The van der Waals surface area contributed by atoms with Crippen LogP contribution in [0.4, 0.5) is 0 Å². The maximum Gasteiger partial charge on any atom is 0.183 e. The highest BCUT2D eigenvalue weighted by atomic mass is 35.5. The first-order valence-electron chi connectivity index (χ1n) is 8.73. The van der Waals surface area contributed by atoms with Crippen molar-refractivity contribution >= 4 is 31.3 Å². The van der Waals surface area contributed by atoms with Crippen molar-refractivity contribution < 1.29 is 21.3 Å². The van der Waals surface area contributed by atoms with E-state index in [9.17, 15) is 16.8 Å². The second kappa shape index (κ2) is 8.16. The minimum Gasteiger partial charge on any atom is -0.468 e. The van der Waals surface area contributed by atoms with Gasteiger partial charge in [-0.05, 0) is 50.5 Å². The Hall–Kier alpha value is -1.39. The first kappa shape index (κ1) is 21.3. The summed E-state index contributed by atoms with van der Waals surface area (Å²) in [5, 5.41) is 2.52. The lowest BCUT2D eigenvalue weighted by molar-refractivity contribution is 0.245. The Kier molecular flexibility index (Phi) is 6.21. The Morgan fingerprint density at radius 1 is 1.21 bits per heavy atom. The van der Waals surface area contributed by atoms with E-state index >= 15 is 0 Å². The van der Waals surface area contributed by atoms with Crippen LogP contribution in [-0.4, -0.2) is 65.2 Å². The van der Waals surface area contributed by atoms with E-state index in [2.05, 4.69) is 5.32 Å². The van der Waals surface area contributed by atoms with Crippen LogP contribution in [0.5, 0.6) is 0 Å². The third kappa shape index (κ3) is 4.60. The van der Waals surface area contributed by atoms with Gasteiger partial charge in [-0.15, -0.1) is 0 Å². The van der Waals surface area contributed by atoms with E-state index in [4.69, 9.17) is 16.0 Å². The second-order valence-electron chi connectivity index (χ2n) is 7.12. The van der Waals surface area contributed by atoms with Crippen LogP contribution in [0.1, 0.15) is 11.8 Å². The predicted octanol–water partition coefficient (Wildman–Crippen LogP) is 1.76. The molecule has 0 amide bonds. The number of sulfone groups is 2. The summed E-state index contributed by atoms with van der Waals surface area (Å²) in [6.07, 6.45) is 1.57. The van der Waals surface area contributed by atoms with Crippen molar-refractivity contribution in [1.82, 2.24) is 10.2 Å². The highest BCUT2D eigenvalue weighted by Crippen LogP contribution is 2.27. The minimum absolute atomic E-state index is 0.0704. The molecule has 7 nitrogen and oxygen atoms in total. The molecule has 1 aromatic carbocycles. The number of benzene rings is 1. The topological polar surface area (TPSA) is 96.7 Å². The summed E-state index contributed by atoms with van der Waals surface area (Å²) in [5.41, 5.74) is 0. The van der Waals surface area contributed by atoms with Gasteiger partial charge in [0.05, 0.1) is 34.0 Å². The number of furan rings is 1. The van der Waals surface area contributed by atoms with Gasteiger partial charge < -0.3 is 9.73 Å². The lowest BCUT2D eigenvalue weighted by Gasteiger charge is -2.26. The van der Waals surface area contributed by atoms with E-state index in [1.807, 2.05) is 25.1 Å². The SMILES string of the molecule is CN(C)C(CN[C@H]1CS(=O)(=O)C[C@@H]1S(=O)(=O)c1ccc(Cl)cc1)c1ccco1. The van der Waals surface area contributed by atoms with Crippen molar-refractivity contribution in [3.8, 4) is 0 Å². The fraction of sp³-hybridized carbons (Fsp3) is 0.444. The molecule has 3 atom stereocenters. The van der Waals surface area contributed by atoms with Crippen molar-refractivity contribution in [1.29, 1.82) is 0 Å². The highest BCUT2D eigenvalue weighted by Gasteiger charge is 2.45.